The highest BCUT2D eigenvalue weighted by Crippen LogP contribution is 2.40. The van der Waals surface area contributed by atoms with Gasteiger partial charge in [0.05, 0.1) is 0 Å². The van der Waals surface area contributed by atoms with Crippen LogP contribution in [0, 0.1) is 6.92 Å². The molecular weight excluding hydrogens is 268 g/mol. The lowest BCUT2D eigenvalue weighted by molar-refractivity contribution is 0.861. The van der Waals surface area contributed by atoms with E-state index in [0.717, 1.165) is 33.6 Å². The Bertz CT molecular complexity index is 552. The minimum Gasteiger partial charge on any atom is -0.308 e. The highest BCUT2D eigenvalue weighted by atomic mass is 32.2. The molecule has 3 rings (SSSR count). The van der Waals surface area contributed by atoms with E-state index in [1.165, 1.54) is 23.1 Å². The summed E-state index contributed by atoms with van der Waals surface area (Å²) < 4.78 is 0.876. The molecule has 2 aromatic rings. The molecule has 0 aromatic carbocycles. The van der Waals surface area contributed by atoms with Crippen molar-refractivity contribution < 1.29 is 0 Å². The summed E-state index contributed by atoms with van der Waals surface area (Å²) in [6, 6.07) is 0. The molecule has 1 aliphatic rings. The fraction of sp³-hybridized carbons (Fsp3) is 0.400. The van der Waals surface area contributed by atoms with E-state index in [-0.39, 0.29) is 0 Å². The van der Waals surface area contributed by atoms with Crippen molar-refractivity contribution in [2.24, 2.45) is 5.84 Å². The molecule has 18 heavy (non-hydrogen) atoms. The Morgan fingerprint density at radius 2 is 2.28 bits per heavy atom. The van der Waals surface area contributed by atoms with Crippen molar-refractivity contribution in [1.29, 1.82) is 0 Å². The van der Waals surface area contributed by atoms with Crippen molar-refractivity contribution in [3.05, 3.63) is 16.9 Å². The molecule has 0 unspecified atom stereocenters. The zero-order chi connectivity index (χ0) is 12.5. The Morgan fingerprint density at radius 3 is 2.89 bits per heavy atom. The van der Waals surface area contributed by atoms with Crippen LogP contribution in [-0.2, 0) is 0 Å². The molecule has 0 atom stereocenters. The number of nitrogens with one attached hydrogen (secondary N) is 1. The zero-order valence-corrected chi connectivity index (χ0v) is 11.4. The van der Waals surface area contributed by atoms with Crippen LogP contribution in [0.1, 0.15) is 30.1 Å². The third kappa shape index (κ3) is 2.31. The lowest BCUT2D eigenvalue weighted by atomic mass is 10.3. The van der Waals surface area contributed by atoms with Crippen molar-refractivity contribution in [3.8, 4) is 0 Å². The summed E-state index contributed by atoms with van der Waals surface area (Å²) >= 11 is 3.01. The summed E-state index contributed by atoms with van der Waals surface area (Å²) in [5, 5.41) is 8.74. The van der Waals surface area contributed by atoms with Gasteiger partial charge in [0.15, 0.2) is 4.34 Å². The van der Waals surface area contributed by atoms with Crippen LogP contribution in [0.15, 0.2) is 14.9 Å². The minimum atomic E-state index is 0.492. The van der Waals surface area contributed by atoms with Crippen LogP contribution < -0.4 is 11.3 Å². The van der Waals surface area contributed by atoms with Crippen LogP contribution in [0.2, 0.25) is 0 Å². The first kappa shape index (κ1) is 11.8. The maximum Gasteiger partial charge on any atom is 0.180 e. The summed E-state index contributed by atoms with van der Waals surface area (Å²) in [6.45, 7) is 1.95. The molecule has 0 radical (unpaired) electrons. The highest BCUT2D eigenvalue weighted by Gasteiger charge is 2.28. The van der Waals surface area contributed by atoms with Gasteiger partial charge >= 0.3 is 0 Å². The number of nitrogen functional groups attached to an aromatic ring is 1. The first-order chi connectivity index (χ1) is 8.78. The molecule has 1 aliphatic carbocycles. The normalized spacial score (nSPS) is 14.8. The molecule has 1 saturated carbocycles. The van der Waals surface area contributed by atoms with Gasteiger partial charge in [-0.15, -0.1) is 10.2 Å². The van der Waals surface area contributed by atoms with Crippen molar-refractivity contribution in [3.63, 3.8) is 0 Å². The largest absolute Gasteiger partial charge is 0.308 e. The third-order valence-electron chi connectivity index (χ3n) is 2.72. The molecule has 0 spiro atoms. The van der Waals surface area contributed by atoms with Crippen LogP contribution in [0.4, 0.5) is 5.82 Å². The van der Waals surface area contributed by atoms with Gasteiger partial charge in [0.1, 0.15) is 22.2 Å². The number of anilines is 1. The molecule has 1 fully saturated rings. The zero-order valence-electron chi connectivity index (χ0n) is 9.75. The standard InChI is InChI=1S/C10H12N6S2/c1-5-7(15-11)13-8(6-2-3-6)14-9(5)18-10-16-12-4-17-10/h4,6H,2-3,11H2,1H3,(H,13,14,15). The maximum atomic E-state index is 5.51. The molecule has 6 nitrogen and oxygen atoms in total. The number of nitrogens with zero attached hydrogens (tertiary/aromatic N) is 4. The fourth-order valence-corrected chi connectivity index (χ4v) is 3.05. The number of rotatable bonds is 4. The Labute approximate surface area is 112 Å². The monoisotopic (exact) mass is 280 g/mol. The number of hydrogen-bond donors (Lipinski definition) is 2. The molecule has 8 heteroatoms. The van der Waals surface area contributed by atoms with Gasteiger partial charge in [-0.05, 0) is 31.5 Å². The average Bonchev–Trinajstić information content (AvgIpc) is 3.11. The van der Waals surface area contributed by atoms with Gasteiger partial charge in [-0.3, -0.25) is 0 Å². The highest BCUT2D eigenvalue weighted by molar-refractivity contribution is 8.01. The molecule has 2 heterocycles. The van der Waals surface area contributed by atoms with Gasteiger partial charge < -0.3 is 5.43 Å². The second-order valence-corrected chi connectivity index (χ2v) is 6.16. The number of aromatic nitrogens is 4. The minimum absolute atomic E-state index is 0.492. The van der Waals surface area contributed by atoms with Gasteiger partial charge in [-0.2, -0.15) is 0 Å². The summed E-state index contributed by atoms with van der Waals surface area (Å²) in [5.41, 5.74) is 5.30. The molecular formula is C10H12N6S2. The second-order valence-electron chi connectivity index (χ2n) is 4.09. The van der Waals surface area contributed by atoms with E-state index in [1.54, 1.807) is 5.51 Å². The summed E-state index contributed by atoms with van der Waals surface area (Å²) in [4.78, 5) is 9.06. The van der Waals surface area contributed by atoms with Crippen molar-refractivity contribution in [1.82, 2.24) is 20.2 Å². The van der Waals surface area contributed by atoms with Gasteiger partial charge in [-0.1, -0.05) is 11.3 Å². The van der Waals surface area contributed by atoms with Gasteiger partial charge in [-0.25, -0.2) is 15.8 Å². The van der Waals surface area contributed by atoms with Gasteiger partial charge in [0.25, 0.3) is 0 Å². The van der Waals surface area contributed by atoms with Crippen LogP contribution in [0.5, 0.6) is 0 Å². The Hall–Kier alpha value is -1.25. The van der Waals surface area contributed by atoms with Crippen molar-refractivity contribution in [2.45, 2.75) is 35.0 Å². The van der Waals surface area contributed by atoms with E-state index in [0.29, 0.717) is 11.7 Å². The summed E-state index contributed by atoms with van der Waals surface area (Å²) in [7, 11) is 0. The lowest BCUT2D eigenvalue weighted by Gasteiger charge is -2.10. The maximum absolute atomic E-state index is 5.51. The fourth-order valence-electron chi connectivity index (χ4n) is 1.57. The van der Waals surface area contributed by atoms with Crippen molar-refractivity contribution in [2.75, 3.05) is 5.43 Å². The Balaban J connectivity index is 1.98. The van der Waals surface area contributed by atoms with Crippen molar-refractivity contribution >= 4 is 28.9 Å². The smallest absolute Gasteiger partial charge is 0.180 e. The van der Waals surface area contributed by atoms with E-state index < -0.39 is 0 Å². The topological polar surface area (TPSA) is 89.6 Å². The SMILES string of the molecule is Cc1c(NN)nc(C2CC2)nc1Sc1nncs1. The van der Waals surface area contributed by atoms with Crippen LogP contribution >= 0.6 is 23.1 Å². The number of nitrogens with two attached hydrogens (primary N) is 1. The second kappa shape index (κ2) is 4.79. The quantitative estimate of drug-likeness (QED) is 0.502. The number of hydrazine groups is 1. The first-order valence-corrected chi connectivity index (χ1v) is 7.26. The predicted molar refractivity (Wildman–Crippen MR) is 70.6 cm³/mol. The molecule has 3 N–H and O–H groups in total. The Kier molecular flexibility index (Phi) is 3.14. The first-order valence-electron chi connectivity index (χ1n) is 5.57. The van der Waals surface area contributed by atoms with E-state index >= 15 is 0 Å². The van der Waals surface area contributed by atoms with E-state index in [9.17, 15) is 0 Å². The van der Waals surface area contributed by atoms with Crippen LogP contribution in [0.25, 0.3) is 0 Å². The molecule has 94 valence electrons. The molecule has 0 aliphatic heterocycles. The summed E-state index contributed by atoms with van der Waals surface area (Å²) in [5.74, 6) is 7.57. The predicted octanol–water partition coefficient (Wildman–Crippen LogP) is 1.95. The van der Waals surface area contributed by atoms with E-state index in [2.05, 4.69) is 25.6 Å². The van der Waals surface area contributed by atoms with E-state index in [4.69, 9.17) is 5.84 Å². The average molecular weight is 280 g/mol. The molecule has 0 amide bonds. The summed E-state index contributed by atoms with van der Waals surface area (Å²) in [6.07, 6.45) is 2.33. The lowest BCUT2D eigenvalue weighted by Crippen LogP contribution is -2.13. The molecule has 2 aromatic heterocycles. The Morgan fingerprint density at radius 1 is 1.44 bits per heavy atom. The number of hydrogen-bond acceptors (Lipinski definition) is 8. The van der Waals surface area contributed by atoms with E-state index in [1.807, 2.05) is 6.92 Å². The van der Waals surface area contributed by atoms with Crippen LogP contribution in [0.3, 0.4) is 0 Å². The molecule has 0 bridgehead atoms. The third-order valence-corrected chi connectivity index (χ3v) is 4.59. The molecule has 0 saturated heterocycles. The van der Waals surface area contributed by atoms with Gasteiger partial charge in [0.2, 0.25) is 0 Å². The van der Waals surface area contributed by atoms with Crippen LogP contribution in [-0.4, -0.2) is 20.2 Å². The van der Waals surface area contributed by atoms with Gasteiger partial charge in [0, 0.05) is 11.5 Å².